The van der Waals surface area contributed by atoms with Crippen molar-refractivity contribution in [2.45, 2.75) is 19.9 Å². The highest BCUT2D eigenvalue weighted by Crippen LogP contribution is 2.37. The Morgan fingerprint density at radius 3 is 2.68 bits per heavy atom. The van der Waals surface area contributed by atoms with E-state index >= 15 is 0 Å². The number of benzene rings is 2. The summed E-state index contributed by atoms with van der Waals surface area (Å²) < 4.78 is 10.8. The van der Waals surface area contributed by atoms with Crippen molar-refractivity contribution >= 4 is 23.2 Å². The summed E-state index contributed by atoms with van der Waals surface area (Å²) in [6.45, 7) is 4.70. The van der Waals surface area contributed by atoms with Crippen LogP contribution in [-0.2, 0) is 4.74 Å². The number of hydrogen-bond donors (Lipinski definition) is 1. The minimum absolute atomic E-state index is 0.221. The summed E-state index contributed by atoms with van der Waals surface area (Å²) in [5.74, 6) is 0.834. The quantitative estimate of drug-likeness (QED) is 0.595. The molecule has 0 fully saturated rings. The van der Waals surface area contributed by atoms with E-state index in [1.807, 2.05) is 56.3 Å². The van der Waals surface area contributed by atoms with Crippen molar-refractivity contribution in [1.29, 1.82) is 0 Å². The highest BCUT2D eigenvalue weighted by atomic mass is 35.5. The Morgan fingerprint density at radius 1 is 1.19 bits per heavy atom. The van der Waals surface area contributed by atoms with E-state index in [9.17, 15) is 4.79 Å². The summed E-state index contributed by atoms with van der Waals surface area (Å²) in [4.78, 5) is 19.1. The zero-order chi connectivity index (χ0) is 22.0. The normalized spacial score (nSPS) is 16.6. The number of carbonyl (C=O) groups excluding carboxylic acids is 1. The molecule has 0 aliphatic carbocycles. The predicted molar refractivity (Wildman–Crippen MR) is 118 cm³/mol. The molecule has 0 bridgehead atoms. The number of methoxy groups -OCH3 is 1. The molecular formula is C23H23ClN4O3. The van der Waals surface area contributed by atoms with Gasteiger partial charge in [-0.25, -0.2) is 4.79 Å². The van der Waals surface area contributed by atoms with Crippen LogP contribution in [0.3, 0.4) is 0 Å². The van der Waals surface area contributed by atoms with Crippen molar-refractivity contribution < 1.29 is 14.1 Å². The number of ether oxygens (including phenoxy) is 1. The maximum atomic E-state index is 12.8. The average molecular weight is 439 g/mol. The van der Waals surface area contributed by atoms with E-state index in [4.69, 9.17) is 20.9 Å². The predicted octanol–water partition coefficient (Wildman–Crippen LogP) is 4.84. The van der Waals surface area contributed by atoms with E-state index in [2.05, 4.69) is 15.5 Å². The largest absolute Gasteiger partial charge is 0.383 e. The molecule has 4 rings (SSSR count). The van der Waals surface area contributed by atoms with E-state index in [0.717, 1.165) is 28.0 Å². The number of hydrogen-bond acceptors (Lipinski definition) is 5. The minimum Gasteiger partial charge on any atom is -0.383 e. The maximum absolute atomic E-state index is 12.8. The summed E-state index contributed by atoms with van der Waals surface area (Å²) in [7, 11) is 1.60. The lowest BCUT2D eigenvalue weighted by Gasteiger charge is -2.35. The number of nitrogens with zero attached hydrogens (tertiary/aromatic N) is 3. The number of aryl methyl sites for hydroxylation is 1. The molecule has 31 heavy (non-hydrogen) atoms. The second-order valence-electron chi connectivity index (χ2n) is 7.37. The molecule has 0 spiro atoms. The first-order valence-electron chi connectivity index (χ1n) is 9.92. The molecule has 1 atom stereocenters. The van der Waals surface area contributed by atoms with Crippen LogP contribution in [0.5, 0.6) is 0 Å². The zero-order valence-corrected chi connectivity index (χ0v) is 18.3. The van der Waals surface area contributed by atoms with Gasteiger partial charge < -0.3 is 14.6 Å². The number of amides is 2. The van der Waals surface area contributed by atoms with Crippen molar-refractivity contribution in [2.24, 2.45) is 0 Å². The van der Waals surface area contributed by atoms with E-state index in [0.29, 0.717) is 29.9 Å². The molecule has 160 valence electrons. The van der Waals surface area contributed by atoms with Crippen molar-refractivity contribution in [2.75, 3.05) is 20.3 Å². The molecular weight excluding hydrogens is 416 g/mol. The van der Waals surface area contributed by atoms with E-state index in [1.54, 1.807) is 18.1 Å². The summed E-state index contributed by atoms with van der Waals surface area (Å²) in [6.07, 6.45) is 0. The Morgan fingerprint density at radius 2 is 1.97 bits per heavy atom. The summed E-state index contributed by atoms with van der Waals surface area (Å²) in [5, 5.41) is 7.80. The third-order valence-electron chi connectivity index (χ3n) is 5.26. The van der Waals surface area contributed by atoms with Crippen molar-refractivity contribution in [3.05, 3.63) is 76.3 Å². The van der Waals surface area contributed by atoms with Crippen molar-refractivity contribution in [1.82, 2.24) is 20.4 Å². The van der Waals surface area contributed by atoms with E-state index < -0.39 is 6.04 Å². The summed E-state index contributed by atoms with van der Waals surface area (Å²) in [5.41, 5.74) is 4.29. The Balaban J connectivity index is 1.80. The van der Waals surface area contributed by atoms with Crippen LogP contribution in [0.2, 0.25) is 5.02 Å². The number of halogens is 1. The number of rotatable bonds is 6. The van der Waals surface area contributed by atoms with Gasteiger partial charge in [0.05, 0.1) is 24.8 Å². The van der Waals surface area contributed by atoms with Gasteiger partial charge in [-0.15, -0.1) is 0 Å². The maximum Gasteiger partial charge on any atom is 0.322 e. The molecule has 8 heteroatoms. The summed E-state index contributed by atoms with van der Waals surface area (Å²) >= 11 is 6.22. The monoisotopic (exact) mass is 438 g/mol. The second kappa shape index (κ2) is 8.91. The number of urea groups is 1. The van der Waals surface area contributed by atoms with Crippen LogP contribution >= 0.6 is 11.6 Å². The molecule has 1 aliphatic heterocycles. The van der Waals surface area contributed by atoms with Crippen LogP contribution in [0.4, 0.5) is 4.79 Å². The van der Waals surface area contributed by atoms with Gasteiger partial charge in [-0.1, -0.05) is 58.7 Å². The Hall–Kier alpha value is -3.16. The Bertz CT molecular complexity index is 1120. The van der Waals surface area contributed by atoms with Crippen LogP contribution in [-0.4, -0.2) is 41.3 Å². The van der Waals surface area contributed by atoms with Crippen LogP contribution < -0.4 is 5.32 Å². The first kappa shape index (κ1) is 21.1. The fourth-order valence-corrected chi connectivity index (χ4v) is 3.80. The van der Waals surface area contributed by atoms with Gasteiger partial charge in [0.15, 0.2) is 0 Å². The molecule has 3 aromatic rings. The number of aromatic nitrogens is 2. The van der Waals surface area contributed by atoms with Crippen LogP contribution in [0, 0.1) is 6.92 Å². The van der Waals surface area contributed by atoms with Gasteiger partial charge in [0.25, 0.3) is 5.89 Å². The van der Waals surface area contributed by atoms with Gasteiger partial charge in [-0.05, 0) is 31.5 Å². The SMILES string of the molecule is COCCN1C(=O)NC(c2cccc(Cl)c2)C(c2nc(-c3ccc(C)cc3)no2)=C1C. The van der Waals surface area contributed by atoms with Crippen LogP contribution in [0.1, 0.15) is 30.0 Å². The fourth-order valence-electron chi connectivity index (χ4n) is 3.60. The molecule has 1 aliphatic rings. The Kier molecular flexibility index (Phi) is 6.06. The highest BCUT2D eigenvalue weighted by Gasteiger charge is 2.35. The van der Waals surface area contributed by atoms with Gasteiger partial charge in [0.2, 0.25) is 5.82 Å². The molecule has 1 aromatic heterocycles. The molecule has 0 saturated heterocycles. The average Bonchev–Trinajstić information content (AvgIpc) is 3.23. The second-order valence-corrected chi connectivity index (χ2v) is 7.81. The van der Waals surface area contributed by atoms with Crippen molar-refractivity contribution in [3.8, 4) is 11.4 Å². The molecule has 2 heterocycles. The zero-order valence-electron chi connectivity index (χ0n) is 17.6. The van der Waals surface area contributed by atoms with E-state index in [1.165, 1.54) is 0 Å². The fraction of sp³-hybridized carbons (Fsp3) is 0.261. The number of carbonyl (C=O) groups is 1. The van der Waals surface area contributed by atoms with Crippen LogP contribution in [0.15, 0.2) is 58.8 Å². The molecule has 2 aromatic carbocycles. The number of allylic oxidation sites excluding steroid dienone is 1. The molecule has 0 radical (unpaired) electrons. The van der Waals surface area contributed by atoms with Crippen molar-refractivity contribution in [3.63, 3.8) is 0 Å². The molecule has 2 amide bonds. The lowest BCUT2D eigenvalue weighted by atomic mass is 9.94. The first-order chi connectivity index (χ1) is 15.0. The summed E-state index contributed by atoms with van der Waals surface area (Å²) in [6, 6.07) is 14.6. The van der Waals surface area contributed by atoms with Gasteiger partial charge >= 0.3 is 6.03 Å². The minimum atomic E-state index is -0.476. The van der Waals surface area contributed by atoms with Gasteiger partial charge in [-0.2, -0.15) is 4.98 Å². The lowest BCUT2D eigenvalue weighted by molar-refractivity contribution is 0.158. The Labute approximate surface area is 185 Å². The topological polar surface area (TPSA) is 80.5 Å². The van der Waals surface area contributed by atoms with Gasteiger partial charge in [0, 0.05) is 23.4 Å². The lowest BCUT2D eigenvalue weighted by Crippen LogP contribution is -2.47. The molecule has 7 nitrogen and oxygen atoms in total. The van der Waals surface area contributed by atoms with E-state index in [-0.39, 0.29) is 6.03 Å². The highest BCUT2D eigenvalue weighted by molar-refractivity contribution is 6.30. The molecule has 0 saturated carbocycles. The molecule has 1 N–H and O–H groups in total. The third-order valence-corrected chi connectivity index (χ3v) is 5.50. The van der Waals surface area contributed by atoms with Gasteiger partial charge in [0.1, 0.15) is 0 Å². The third kappa shape index (κ3) is 4.33. The first-order valence-corrected chi connectivity index (χ1v) is 10.3. The smallest absolute Gasteiger partial charge is 0.322 e. The standard InChI is InChI=1S/C23H23ClN4O3/c1-14-7-9-16(10-8-14)21-26-22(31-27-21)19-15(2)28(11-12-30-3)23(29)25-20(19)17-5-4-6-18(24)13-17/h4-10,13,20H,11-12H2,1-3H3,(H,25,29). The molecule has 1 unspecified atom stereocenters. The van der Waals surface area contributed by atoms with Crippen LogP contribution in [0.25, 0.3) is 17.0 Å². The number of nitrogens with one attached hydrogen (secondary N) is 1. The van der Waals surface area contributed by atoms with Gasteiger partial charge in [-0.3, -0.25) is 4.90 Å².